The summed E-state index contributed by atoms with van der Waals surface area (Å²) in [6.07, 6.45) is 3.12. The zero-order valence-corrected chi connectivity index (χ0v) is 14.8. The number of rotatable bonds is 4. The van der Waals surface area contributed by atoms with Crippen LogP contribution in [0.2, 0.25) is 10.0 Å². The van der Waals surface area contributed by atoms with Crippen molar-refractivity contribution in [3.8, 4) is 0 Å². The van der Waals surface area contributed by atoms with Crippen LogP contribution in [-0.4, -0.2) is 22.5 Å². The zero-order valence-electron chi connectivity index (χ0n) is 11.1. The van der Waals surface area contributed by atoms with E-state index in [0.717, 1.165) is 12.8 Å². The van der Waals surface area contributed by atoms with Crippen molar-refractivity contribution in [2.45, 2.75) is 37.6 Å². The molecule has 0 aromatic heterocycles. The molecule has 114 valence electrons. The first-order chi connectivity index (χ1) is 9.83. The maximum Gasteiger partial charge on any atom is 0.305 e. The van der Waals surface area contributed by atoms with Gasteiger partial charge in [-0.1, -0.05) is 36.0 Å². The number of benzene rings is 1. The molecular weight excluding hydrogens is 428 g/mol. The van der Waals surface area contributed by atoms with Crippen LogP contribution in [0.15, 0.2) is 12.1 Å². The predicted octanol–water partition coefficient (Wildman–Crippen LogP) is 4.12. The van der Waals surface area contributed by atoms with E-state index >= 15 is 0 Å². The average Bonchev–Trinajstić information content (AvgIpc) is 2.80. The molecule has 1 aliphatic carbocycles. The standard InChI is InChI=1S/C14H14Cl2INO3/c15-8-5-9(12(17)10(16)6-8)13(21)18-14(7-11(19)20)3-1-2-4-14/h5-6H,1-4,7H2,(H,18,21)(H,19,20). The van der Waals surface area contributed by atoms with Gasteiger partial charge in [0, 0.05) is 8.59 Å². The number of amides is 1. The van der Waals surface area contributed by atoms with Gasteiger partial charge in [-0.05, 0) is 47.6 Å². The average molecular weight is 442 g/mol. The van der Waals surface area contributed by atoms with Gasteiger partial charge in [-0.25, -0.2) is 0 Å². The van der Waals surface area contributed by atoms with Gasteiger partial charge in [0.05, 0.1) is 22.5 Å². The minimum Gasteiger partial charge on any atom is -0.481 e. The van der Waals surface area contributed by atoms with Gasteiger partial charge < -0.3 is 10.4 Å². The molecule has 0 spiro atoms. The Morgan fingerprint density at radius 1 is 1.29 bits per heavy atom. The number of nitrogens with one attached hydrogen (secondary N) is 1. The maximum absolute atomic E-state index is 12.5. The number of aliphatic carboxylic acids is 1. The second-order valence-electron chi connectivity index (χ2n) is 5.26. The lowest BCUT2D eigenvalue weighted by Crippen LogP contribution is -2.48. The summed E-state index contributed by atoms with van der Waals surface area (Å²) in [4.78, 5) is 23.5. The number of carbonyl (C=O) groups is 2. The van der Waals surface area contributed by atoms with Crippen LogP contribution < -0.4 is 5.32 Å². The molecule has 0 atom stereocenters. The van der Waals surface area contributed by atoms with E-state index in [-0.39, 0.29) is 12.3 Å². The molecule has 2 rings (SSSR count). The van der Waals surface area contributed by atoms with Gasteiger partial charge in [0.2, 0.25) is 0 Å². The third kappa shape index (κ3) is 4.02. The quantitative estimate of drug-likeness (QED) is 0.545. The molecule has 0 radical (unpaired) electrons. The van der Waals surface area contributed by atoms with Crippen molar-refractivity contribution in [1.82, 2.24) is 5.32 Å². The normalized spacial score (nSPS) is 16.7. The molecule has 1 aromatic rings. The van der Waals surface area contributed by atoms with Crippen molar-refractivity contribution in [2.24, 2.45) is 0 Å². The summed E-state index contributed by atoms with van der Waals surface area (Å²) in [5.74, 6) is -1.23. The Morgan fingerprint density at radius 2 is 1.90 bits per heavy atom. The first-order valence-corrected chi connectivity index (χ1v) is 8.35. The number of carbonyl (C=O) groups excluding carboxylic acids is 1. The first kappa shape index (κ1) is 16.8. The molecule has 1 aliphatic rings. The zero-order chi connectivity index (χ0) is 15.6. The molecule has 21 heavy (non-hydrogen) atoms. The first-order valence-electron chi connectivity index (χ1n) is 6.52. The van der Waals surface area contributed by atoms with Crippen LogP contribution in [0.4, 0.5) is 0 Å². The smallest absolute Gasteiger partial charge is 0.305 e. The molecule has 0 saturated heterocycles. The molecule has 1 saturated carbocycles. The predicted molar refractivity (Wildman–Crippen MR) is 90.1 cm³/mol. The summed E-state index contributed by atoms with van der Waals surface area (Å²) in [7, 11) is 0. The fraction of sp³-hybridized carbons (Fsp3) is 0.429. The van der Waals surface area contributed by atoms with E-state index in [1.165, 1.54) is 0 Å². The third-order valence-corrected chi connectivity index (χ3v) is 5.66. The second-order valence-corrected chi connectivity index (χ2v) is 7.18. The van der Waals surface area contributed by atoms with Gasteiger partial charge in [-0.2, -0.15) is 0 Å². The highest BCUT2D eigenvalue weighted by atomic mass is 127. The SMILES string of the molecule is O=C(O)CC1(NC(=O)c2cc(Cl)cc(Cl)c2I)CCCC1. The summed E-state index contributed by atoms with van der Waals surface area (Å²) in [5.41, 5.74) is -0.286. The molecule has 1 fully saturated rings. The highest BCUT2D eigenvalue weighted by molar-refractivity contribution is 14.1. The summed E-state index contributed by atoms with van der Waals surface area (Å²) < 4.78 is 0.611. The lowest BCUT2D eigenvalue weighted by Gasteiger charge is -2.29. The van der Waals surface area contributed by atoms with Crippen molar-refractivity contribution in [3.63, 3.8) is 0 Å². The van der Waals surface area contributed by atoms with Crippen LogP contribution in [-0.2, 0) is 4.79 Å². The van der Waals surface area contributed by atoms with Gasteiger partial charge in [0.25, 0.3) is 5.91 Å². The van der Waals surface area contributed by atoms with E-state index < -0.39 is 11.5 Å². The molecule has 4 nitrogen and oxygen atoms in total. The van der Waals surface area contributed by atoms with Crippen molar-refractivity contribution in [2.75, 3.05) is 0 Å². The van der Waals surface area contributed by atoms with Crippen molar-refractivity contribution in [1.29, 1.82) is 0 Å². The number of hydrogen-bond acceptors (Lipinski definition) is 2. The van der Waals surface area contributed by atoms with E-state index in [0.29, 0.717) is 32.0 Å². The molecule has 0 aliphatic heterocycles. The number of halogens is 3. The number of hydrogen-bond donors (Lipinski definition) is 2. The molecule has 0 unspecified atom stereocenters. The number of carboxylic acid groups (broad SMARTS) is 1. The van der Waals surface area contributed by atoms with Crippen LogP contribution in [0, 0.1) is 3.57 Å². The molecule has 0 heterocycles. The van der Waals surface area contributed by atoms with Crippen molar-refractivity contribution < 1.29 is 14.7 Å². The minimum atomic E-state index is -0.906. The van der Waals surface area contributed by atoms with Crippen LogP contribution >= 0.6 is 45.8 Å². The molecule has 1 amide bonds. The summed E-state index contributed by atoms with van der Waals surface area (Å²) in [6, 6.07) is 3.12. The Labute approximate surface area is 146 Å². The Bertz CT molecular complexity index is 586. The van der Waals surface area contributed by atoms with E-state index in [1.54, 1.807) is 12.1 Å². The third-order valence-electron chi connectivity index (χ3n) is 3.67. The Morgan fingerprint density at radius 3 is 2.48 bits per heavy atom. The van der Waals surface area contributed by atoms with E-state index in [9.17, 15) is 9.59 Å². The fourth-order valence-electron chi connectivity index (χ4n) is 2.72. The van der Waals surface area contributed by atoms with Gasteiger partial charge in [-0.15, -0.1) is 0 Å². The molecule has 2 N–H and O–H groups in total. The lowest BCUT2D eigenvalue weighted by molar-refractivity contribution is -0.138. The monoisotopic (exact) mass is 441 g/mol. The van der Waals surface area contributed by atoms with E-state index in [4.69, 9.17) is 28.3 Å². The molecule has 0 bridgehead atoms. The topological polar surface area (TPSA) is 66.4 Å². The lowest BCUT2D eigenvalue weighted by atomic mass is 9.92. The second kappa shape index (κ2) is 6.71. The Kier molecular flexibility index (Phi) is 5.38. The molecular formula is C14H14Cl2INO3. The van der Waals surface area contributed by atoms with Gasteiger partial charge in [-0.3, -0.25) is 9.59 Å². The highest BCUT2D eigenvalue weighted by Gasteiger charge is 2.38. The van der Waals surface area contributed by atoms with Gasteiger partial charge in [0.1, 0.15) is 0 Å². The maximum atomic E-state index is 12.5. The largest absolute Gasteiger partial charge is 0.481 e. The molecule has 7 heteroatoms. The van der Waals surface area contributed by atoms with Crippen LogP contribution in [0.3, 0.4) is 0 Å². The summed E-state index contributed by atoms with van der Waals surface area (Å²) in [6.45, 7) is 0. The van der Waals surface area contributed by atoms with Crippen LogP contribution in [0.25, 0.3) is 0 Å². The van der Waals surface area contributed by atoms with Crippen LogP contribution in [0.5, 0.6) is 0 Å². The van der Waals surface area contributed by atoms with Crippen LogP contribution in [0.1, 0.15) is 42.5 Å². The Hall–Kier alpha value is -0.530. The fourth-order valence-corrected chi connectivity index (χ4v) is 3.77. The summed E-state index contributed by atoms with van der Waals surface area (Å²) in [5, 5.41) is 12.8. The number of carboxylic acids is 1. The van der Waals surface area contributed by atoms with Gasteiger partial charge >= 0.3 is 5.97 Å². The minimum absolute atomic E-state index is 0.0659. The Balaban J connectivity index is 2.26. The molecule has 1 aromatic carbocycles. The van der Waals surface area contributed by atoms with Crippen molar-refractivity contribution in [3.05, 3.63) is 31.3 Å². The summed E-state index contributed by atoms with van der Waals surface area (Å²) >= 11 is 14.0. The van der Waals surface area contributed by atoms with E-state index in [2.05, 4.69) is 5.32 Å². The van der Waals surface area contributed by atoms with Crippen molar-refractivity contribution >= 4 is 57.7 Å². The highest BCUT2D eigenvalue weighted by Crippen LogP contribution is 2.34. The van der Waals surface area contributed by atoms with E-state index in [1.807, 2.05) is 22.6 Å². The van der Waals surface area contributed by atoms with Gasteiger partial charge in [0.15, 0.2) is 0 Å².